The molecule has 3 aromatic rings. The molecule has 2 N–H and O–H groups in total. The van der Waals surface area contributed by atoms with Crippen LogP contribution in [0.2, 0.25) is 0 Å². The largest absolute Gasteiger partial charge is 0.388 e. The topological polar surface area (TPSA) is 45.1 Å². The maximum Gasteiger partial charge on any atom is 0.0885 e. The summed E-state index contributed by atoms with van der Waals surface area (Å²) in [7, 11) is 1.91. The van der Waals surface area contributed by atoms with Gasteiger partial charge < -0.3 is 10.4 Å². The van der Waals surface area contributed by atoms with Gasteiger partial charge in [-0.1, -0.05) is 48.5 Å². The van der Waals surface area contributed by atoms with Crippen LogP contribution in [0, 0.1) is 0 Å². The predicted octanol–water partition coefficient (Wildman–Crippen LogP) is 3.27. The van der Waals surface area contributed by atoms with Crippen molar-refractivity contribution in [1.82, 2.24) is 10.3 Å². The van der Waals surface area contributed by atoms with Crippen molar-refractivity contribution in [3.8, 4) is 0 Å². The maximum atomic E-state index is 10.8. The first-order valence-corrected chi connectivity index (χ1v) is 7.51. The van der Waals surface area contributed by atoms with Crippen LogP contribution in [-0.2, 0) is 0 Å². The fraction of sp³-hybridized carbons (Fsp3) is 0.211. The summed E-state index contributed by atoms with van der Waals surface area (Å²) in [6.45, 7) is 0.703. The average molecular weight is 292 g/mol. The van der Waals surface area contributed by atoms with Gasteiger partial charge in [-0.25, -0.2) is 0 Å². The lowest BCUT2D eigenvalue weighted by atomic mass is 9.88. The fourth-order valence-corrected chi connectivity index (χ4v) is 2.85. The number of nitrogens with zero attached hydrogens (tertiary/aromatic N) is 1. The van der Waals surface area contributed by atoms with Gasteiger partial charge in [-0.3, -0.25) is 4.98 Å². The number of rotatable bonds is 5. The molecule has 0 radical (unpaired) electrons. The number of aliphatic hydroxyl groups excluding tert-OH is 1. The second-order valence-electron chi connectivity index (χ2n) is 5.50. The minimum atomic E-state index is -0.581. The summed E-state index contributed by atoms with van der Waals surface area (Å²) in [5.74, 6) is -0.0150. The van der Waals surface area contributed by atoms with Crippen LogP contribution in [0.5, 0.6) is 0 Å². The molecule has 0 aliphatic rings. The third-order valence-corrected chi connectivity index (χ3v) is 4.03. The van der Waals surface area contributed by atoms with Gasteiger partial charge >= 0.3 is 0 Å². The zero-order valence-corrected chi connectivity index (χ0v) is 12.6. The Morgan fingerprint density at radius 2 is 1.82 bits per heavy atom. The number of likely N-dealkylation sites (N-methyl/N-ethyl adjacent to an activating group) is 1. The van der Waals surface area contributed by atoms with Gasteiger partial charge in [0.2, 0.25) is 0 Å². The van der Waals surface area contributed by atoms with E-state index in [1.165, 1.54) is 10.8 Å². The van der Waals surface area contributed by atoms with E-state index in [0.717, 1.165) is 11.1 Å². The van der Waals surface area contributed by atoms with Gasteiger partial charge in [0.15, 0.2) is 0 Å². The highest BCUT2D eigenvalue weighted by molar-refractivity contribution is 5.83. The molecule has 0 amide bonds. The van der Waals surface area contributed by atoms with E-state index in [4.69, 9.17) is 0 Å². The molecule has 2 atom stereocenters. The summed E-state index contributed by atoms with van der Waals surface area (Å²) in [6, 6.07) is 18.4. The molecule has 1 aromatic heterocycles. The second-order valence-corrected chi connectivity index (χ2v) is 5.50. The van der Waals surface area contributed by atoms with Gasteiger partial charge in [-0.05, 0) is 35.0 Å². The number of pyridine rings is 1. The quantitative estimate of drug-likeness (QED) is 0.758. The Kier molecular flexibility index (Phi) is 4.47. The molecule has 0 fully saturated rings. The number of nitrogens with one attached hydrogen (secondary N) is 1. The van der Waals surface area contributed by atoms with E-state index in [2.05, 4.69) is 40.6 Å². The molecule has 112 valence electrons. The molecule has 2 aromatic carbocycles. The number of aromatic nitrogens is 1. The van der Waals surface area contributed by atoms with Crippen LogP contribution in [0.3, 0.4) is 0 Å². The van der Waals surface area contributed by atoms with Crippen molar-refractivity contribution < 1.29 is 5.11 Å². The third-order valence-electron chi connectivity index (χ3n) is 4.03. The summed E-state index contributed by atoms with van der Waals surface area (Å²) in [5, 5.41) is 16.3. The number of hydrogen-bond acceptors (Lipinski definition) is 3. The van der Waals surface area contributed by atoms with Gasteiger partial charge in [-0.2, -0.15) is 0 Å². The first kappa shape index (κ1) is 14.7. The number of fused-ring (bicyclic) bond motifs is 1. The van der Waals surface area contributed by atoms with E-state index in [9.17, 15) is 5.11 Å². The maximum absolute atomic E-state index is 10.8. The Labute approximate surface area is 130 Å². The van der Waals surface area contributed by atoms with Gasteiger partial charge in [-0.15, -0.1) is 0 Å². The van der Waals surface area contributed by atoms with Crippen molar-refractivity contribution in [2.45, 2.75) is 12.0 Å². The lowest BCUT2D eigenvalue weighted by molar-refractivity contribution is 0.144. The van der Waals surface area contributed by atoms with E-state index in [1.807, 2.05) is 31.3 Å². The molecule has 0 spiro atoms. The monoisotopic (exact) mass is 292 g/mol. The van der Waals surface area contributed by atoms with E-state index >= 15 is 0 Å². The number of benzene rings is 2. The third kappa shape index (κ3) is 3.01. The lowest BCUT2D eigenvalue weighted by Gasteiger charge is -2.23. The minimum absolute atomic E-state index is 0.0150. The first-order chi connectivity index (χ1) is 10.8. The molecule has 0 saturated heterocycles. The Hall–Kier alpha value is -2.23. The SMILES string of the molecule is CNCC(c1ccc2ccccc2c1)C(O)c1cccnc1. The van der Waals surface area contributed by atoms with Gasteiger partial charge in [0, 0.05) is 24.9 Å². The van der Waals surface area contributed by atoms with Crippen LogP contribution in [0.25, 0.3) is 10.8 Å². The van der Waals surface area contributed by atoms with Crippen LogP contribution in [-0.4, -0.2) is 23.7 Å². The molecule has 22 heavy (non-hydrogen) atoms. The summed E-state index contributed by atoms with van der Waals surface area (Å²) in [4.78, 5) is 4.11. The molecule has 3 heteroatoms. The Morgan fingerprint density at radius 3 is 2.55 bits per heavy atom. The van der Waals surface area contributed by atoms with Crippen molar-refractivity contribution in [3.05, 3.63) is 78.1 Å². The molecule has 0 aliphatic heterocycles. The van der Waals surface area contributed by atoms with Gasteiger partial charge in [0.05, 0.1) is 6.10 Å². The van der Waals surface area contributed by atoms with Crippen LogP contribution >= 0.6 is 0 Å². The highest BCUT2D eigenvalue weighted by Crippen LogP contribution is 2.31. The molecule has 0 saturated carbocycles. The molecule has 2 unspecified atom stereocenters. The van der Waals surface area contributed by atoms with Gasteiger partial charge in [0.25, 0.3) is 0 Å². The van der Waals surface area contributed by atoms with Crippen molar-refractivity contribution in [3.63, 3.8) is 0 Å². The highest BCUT2D eigenvalue weighted by Gasteiger charge is 2.22. The fourth-order valence-electron chi connectivity index (χ4n) is 2.85. The summed E-state index contributed by atoms with van der Waals surface area (Å²) in [5.41, 5.74) is 1.97. The Morgan fingerprint density at radius 1 is 1.00 bits per heavy atom. The second kappa shape index (κ2) is 6.69. The molecule has 0 bridgehead atoms. The van der Waals surface area contributed by atoms with E-state index in [1.54, 1.807) is 12.4 Å². The van der Waals surface area contributed by atoms with Crippen LogP contribution < -0.4 is 5.32 Å². The molecule has 0 aliphatic carbocycles. The van der Waals surface area contributed by atoms with Crippen LogP contribution in [0.4, 0.5) is 0 Å². The number of hydrogen-bond donors (Lipinski definition) is 2. The zero-order chi connectivity index (χ0) is 15.4. The summed E-state index contributed by atoms with van der Waals surface area (Å²) < 4.78 is 0. The smallest absolute Gasteiger partial charge is 0.0885 e. The van der Waals surface area contributed by atoms with E-state index in [0.29, 0.717) is 6.54 Å². The molecule has 3 nitrogen and oxygen atoms in total. The lowest BCUT2D eigenvalue weighted by Crippen LogP contribution is -2.23. The van der Waals surface area contributed by atoms with E-state index in [-0.39, 0.29) is 5.92 Å². The summed E-state index contributed by atoms with van der Waals surface area (Å²) >= 11 is 0. The zero-order valence-electron chi connectivity index (χ0n) is 12.6. The average Bonchev–Trinajstić information content (AvgIpc) is 2.59. The summed E-state index contributed by atoms with van der Waals surface area (Å²) in [6.07, 6.45) is 2.87. The normalized spacial score (nSPS) is 13.9. The van der Waals surface area contributed by atoms with Crippen molar-refractivity contribution >= 4 is 10.8 Å². The molecular formula is C19H20N2O. The first-order valence-electron chi connectivity index (χ1n) is 7.51. The van der Waals surface area contributed by atoms with Crippen LogP contribution in [0.1, 0.15) is 23.1 Å². The number of aliphatic hydroxyl groups is 1. The van der Waals surface area contributed by atoms with E-state index < -0.39 is 6.10 Å². The highest BCUT2D eigenvalue weighted by atomic mass is 16.3. The van der Waals surface area contributed by atoms with Crippen molar-refractivity contribution in [1.29, 1.82) is 0 Å². The minimum Gasteiger partial charge on any atom is -0.388 e. The van der Waals surface area contributed by atoms with Crippen molar-refractivity contribution in [2.24, 2.45) is 0 Å². The molecular weight excluding hydrogens is 272 g/mol. The standard InChI is InChI=1S/C19H20N2O/c1-20-13-18(19(22)17-7-4-10-21-12-17)16-9-8-14-5-2-3-6-15(14)11-16/h2-12,18-20,22H,13H2,1H3. The van der Waals surface area contributed by atoms with Crippen molar-refractivity contribution in [2.75, 3.05) is 13.6 Å². The molecule has 1 heterocycles. The Balaban J connectivity index is 1.98. The Bertz CT molecular complexity index is 743. The van der Waals surface area contributed by atoms with Crippen LogP contribution in [0.15, 0.2) is 67.0 Å². The molecule has 3 rings (SSSR count). The van der Waals surface area contributed by atoms with Gasteiger partial charge in [0.1, 0.15) is 0 Å². The predicted molar refractivity (Wildman–Crippen MR) is 89.8 cm³/mol.